The molecule has 160 valence electrons. The summed E-state index contributed by atoms with van der Waals surface area (Å²) < 4.78 is 1.09. The molecule has 0 aliphatic rings. The standard InChI is InChI=1S/C19H25N7O4/c1-3-13-10-14(7-6-12(13)2)22-15-11-16(27)26(19(30)23-15)9-5-4-8-21-18(29)25-24-17(20)28/h6-7,10-11,22H,3-5,8-9H2,1-2H3,(H2,20,28)(H,21,29)(H,23,30). The second-order valence-electron chi connectivity index (χ2n) is 6.58. The first-order valence-electron chi connectivity index (χ1n) is 9.50. The Bertz CT molecular complexity index is 1020. The molecule has 4 amide bonds. The van der Waals surface area contributed by atoms with Gasteiger partial charge in [0.15, 0.2) is 0 Å². The van der Waals surface area contributed by atoms with Gasteiger partial charge in [-0.3, -0.25) is 14.3 Å². The maximum absolute atomic E-state index is 12.3. The van der Waals surface area contributed by atoms with Crippen molar-refractivity contribution in [3.63, 3.8) is 0 Å². The number of nitrogens with one attached hydrogen (secondary N) is 3. The number of nitrogens with zero attached hydrogens (tertiary/aromatic N) is 3. The summed E-state index contributed by atoms with van der Waals surface area (Å²) in [5.74, 6) is 0.319. The lowest BCUT2D eigenvalue weighted by atomic mass is 10.1. The number of aromatic amines is 1. The van der Waals surface area contributed by atoms with Gasteiger partial charge in [-0.2, -0.15) is 0 Å². The Kier molecular flexibility index (Phi) is 8.03. The molecule has 11 nitrogen and oxygen atoms in total. The third-order valence-electron chi connectivity index (χ3n) is 4.35. The van der Waals surface area contributed by atoms with E-state index in [1.54, 1.807) is 0 Å². The molecule has 1 aromatic heterocycles. The summed E-state index contributed by atoms with van der Waals surface area (Å²) in [4.78, 5) is 48.9. The lowest BCUT2D eigenvalue weighted by Crippen LogP contribution is -2.35. The molecule has 0 aliphatic heterocycles. The van der Waals surface area contributed by atoms with Crippen LogP contribution in [0, 0.1) is 6.92 Å². The number of azo groups is 1. The minimum Gasteiger partial charge on any atom is -0.348 e. The van der Waals surface area contributed by atoms with Crippen molar-refractivity contribution >= 4 is 23.6 Å². The number of rotatable bonds is 8. The first-order chi connectivity index (χ1) is 14.3. The molecule has 30 heavy (non-hydrogen) atoms. The topological polar surface area (TPSA) is 164 Å². The van der Waals surface area contributed by atoms with Crippen molar-refractivity contribution in [2.24, 2.45) is 16.0 Å². The fraction of sp³-hybridized carbons (Fsp3) is 0.368. The molecule has 11 heteroatoms. The van der Waals surface area contributed by atoms with E-state index in [0.29, 0.717) is 18.7 Å². The second kappa shape index (κ2) is 10.7. The Morgan fingerprint density at radius 3 is 2.60 bits per heavy atom. The number of primary amides is 1. The van der Waals surface area contributed by atoms with Crippen molar-refractivity contribution in [2.45, 2.75) is 39.7 Å². The number of hydrogen-bond acceptors (Lipinski definition) is 5. The van der Waals surface area contributed by atoms with E-state index < -0.39 is 23.3 Å². The van der Waals surface area contributed by atoms with Gasteiger partial charge in [0.2, 0.25) is 0 Å². The smallest absolute Gasteiger partial charge is 0.348 e. The van der Waals surface area contributed by atoms with E-state index >= 15 is 0 Å². The highest BCUT2D eigenvalue weighted by Gasteiger charge is 2.06. The Hall–Kier alpha value is -3.76. The maximum atomic E-state index is 12.3. The van der Waals surface area contributed by atoms with Crippen LogP contribution in [0.2, 0.25) is 0 Å². The highest BCUT2D eigenvalue weighted by Crippen LogP contribution is 2.18. The third kappa shape index (κ3) is 6.69. The van der Waals surface area contributed by atoms with Crippen LogP contribution in [0.1, 0.15) is 30.9 Å². The fourth-order valence-electron chi connectivity index (χ4n) is 2.81. The van der Waals surface area contributed by atoms with Gasteiger partial charge in [-0.25, -0.2) is 14.4 Å². The fourth-order valence-corrected chi connectivity index (χ4v) is 2.81. The number of hydrogen-bond donors (Lipinski definition) is 4. The minimum atomic E-state index is -1.06. The third-order valence-corrected chi connectivity index (χ3v) is 4.35. The van der Waals surface area contributed by atoms with Crippen LogP contribution in [0.3, 0.4) is 0 Å². The zero-order chi connectivity index (χ0) is 22.1. The van der Waals surface area contributed by atoms with Crippen molar-refractivity contribution in [2.75, 3.05) is 11.9 Å². The molecular weight excluding hydrogens is 390 g/mol. The van der Waals surface area contributed by atoms with E-state index in [1.165, 1.54) is 17.2 Å². The Labute approximate surface area is 172 Å². The molecule has 0 atom stereocenters. The molecule has 0 aliphatic carbocycles. The molecule has 0 saturated carbocycles. The van der Waals surface area contributed by atoms with E-state index in [-0.39, 0.29) is 13.1 Å². The molecule has 0 saturated heterocycles. The highest BCUT2D eigenvalue weighted by atomic mass is 16.2. The Balaban J connectivity index is 1.92. The van der Waals surface area contributed by atoms with Crippen LogP contribution >= 0.6 is 0 Å². The normalized spacial score (nSPS) is 10.9. The number of anilines is 2. The van der Waals surface area contributed by atoms with E-state index in [2.05, 4.69) is 32.8 Å². The largest absolute Gasteiger partial charge is 0.359 e. The number of carbonyl (C=O) groups is 2. The summed E-state index contributed by atoms with van der Waals surface area (Å²) in [6.07, 6.45) is 1.85. The van der Waals surface area contributed by atoms with Crippen LogP contribution in [-0.2, 0) is 13.0 Å². The van der Waals surface area contributed by atoms with Gasteiger partial charge in [0.1, 0.15) is 5.82 Å². The summed E-state index contributed by atoms with van der Waals surface area (Å²) >= 11 is 0. The quantitative estimate of drug-likeness (QED) is 0.383. The minimum absolute atomic E-state index is 0.192. The van der Waals surface area contributed by atoms with Crippen molar-refractivity contribution < 1.29 is 9.59 Å². The Morgan fingerprint density at radius 2 is 1.93 bits per heavy atom. The highest BCUT2D eigenvalue weighted by molar-refractivity contribution is 5.78. The second-order valence-corrected chi connectivity index (χ2v) is 6.58. The van der Waals surface area contributed by atoms with Gasteiger partial charge in [-0.1, -0.05) is 23.2 Å². The zero-order valence-electron chi connectivity index (χ0n) is 16.9. The van der Waals surface area contributed by atoms with Gasteiger partial charge in [-0.15, -0.1) is 0 Å². The van der Waals surface area contributed by atoms with Gasteiger partial charge in [0.25, 0.3) is 5.56 Å². The summed E-state index contributed by atoms with van der Waals surface area (Å²) in [5.41, 5.74) is 6.93. The van der Waals surface area contributed by atoms with Gasteiger partial charge >= 0.3 is 17.8 Å². The number of nitrogens with two attached hydrogens (primary N) is 1. The van der Waals surface area contributed by atoms with Crippen LogP contribution < -0.4 is 27.6 Å². The van der Waals surface area contributed by atoms with Gasteiger partial charge in [-0.05, 0) is 49.4 Å². The van der Waals surface area contributed by atoms with Crippen LogP contribution in [-0.4, -0.2) is 28.2 Å². The molecular formula is C19H25N7O4. The molecule has 2 aromatic rings. The van der Waals surface area contributed by atoms with Crippen LogP contribution in [0.25, 0.3) is 0 Å². The Morgan fingerprint density at radius 1 is 1.17 bits per heavy atom. The molecule has 1 aromatic carbocycles. The first kappa shape index (κ1) is 22.5. The molecule has 0 radical (unpaired) electrons. The SMILES string of the molecule is CCc1cc(Nc2cc(=O)n(CCCCNC(=O)N=NC(N)=O)c(=O)[nH]2)ccc1C. The summed E-state index contributed by atoms with van der Waals surface area (Å²) in [6, 6.07) is 5.33. The number of aromatic nitrogens is 2. The monoisotopic (exact) mass is 415 g/mol. The first-order valence-corrected chi connectivity index (χ1v) is 9.50. The van der Waals surface area contributed by atoms with Crippen LogP contribution in [0.15, 0.2) is 44.1 Å². The molecule has 0 fully saturated rings. The molecule has 0 bridgehead atoms. The summed E-state index contributed by atoms with van der Waals surface area (Å²) in [5, 5.41) is 11.4. The van der Waals surface area contributed by atoms with Crippen molar-refractivity contribution in [3.8, 4) is 0 Å². The number of H-pyrrole nitrogens is 1. The zero-order valence-corrected chi connectivity index (χ0v) is 16.9. The number of aryl methyl sites for hydroxylation is 2. The number of carbonyl (C=O) groups excluding carboxylic acids is 2. The lowest BCUT2D eigenvalue weighted by Gasteiger charge is -2.11. The average molecular weight is 415 g/mol. The van der Waals surface area contributed by atoms with Crippen molar-refractivity contribution in [3.05, 3.63) is 56.2 Å². The van der Waals surface area contributed by atoms with Crippen LogP contribution in [0.5, 0.6) is 0 Å². The van der Waals surface area contributed by atoms with Crippen molar-refractivity contribution in [1.29, 1.82) is 0 Å². The predicted molar refractivity (Wildman–Crippen MR) is 112 cm³/mol. The molecule has 0 spiro atoms. The average Bonchev–Trinajstić information content (AvgIpc) is 2.69. The van der Waals surface area contributed by atoms with E-state index in [0.717, 1.165) is 16.7 Å². The number of amides is 4. The van der Waals surface area contributed by atoms with Crippen LogP contribution in [0.4, 0.5) is 21.1 Å². The van der Waals surface area contributed by atoms with Gasteiger partial charge < -0.3 is 16.4 Å². The molecule has 0 unspecified atom stereocenters. The maximum Gasteiger partial charge on any atom is 0.359 e. The summed E-state index contributed by atoms with van der Waals surface area (Å²) in [7, 11) is 0. The number of benzene rings is 1. The molecule has 2 rings (SSSR count). The lowest BCUT2D eigenvalue weighted by molar-refractivity contribution is 0.244. The van der Waals surface area contributed by atoms with Crippen molar-refractivity contribution in [1.82, 2.24) is 14.9 Å². The van der Waals surface area contributed by atoms with E-state index in [9.17, 15) is 19.2 Å². The van der Waals surface area contributed by atoms with Gasteiger partial charge in [0, 0.05) is 24.8 Å². The molecule has 5 N–H and O–H groups in total. The van der Waals surface area contributed by atoms with E-state index in [1.807, 2.05) is 25.1 Å². The summed E-state index contributed by atoms with van der Waals surface area (Å²) in [6.45, 7) is 4.53. The molecule has 1 heterocycles. The van der Waals surface area contributed by atoms with Gasteiger partial charge in [0.05, 0.1) is 0 Å². The number of urea groups is 2. The number of unbranched alkanes of at least 4 members (excludes halogenated alkanes) is 1. The van der Waals surface area contributed by atoms with E-state index in [4.69, 9.17) is 5.73 Å². The predicted octanol–water partition coefficient (Wildman–Crippen LogP) is 2.17.